The zero-order chi connectivity index (χ0) is 18.7. The molecule has 3 amide bonds. The molecule has 0 bridgehead atoms. The molecule has 1 aromatic carbocycles. The zero-order valence-corrected chi connectivity index (χ0v) is 15.7. The lowest BCUT2D eigenvalue weighted by molar-refractivity contribution is -0.127. The van der Waals surface area contributed by atoms with Crippen molar-refractivity contribution in [3.05, 3.63) is 35.4 Å². The van der Waals surface area contributed by atoms with Gasteiger partial charge < -0.3 is 21.3 Å². The van der Waals surface area contributed by atoms with Crippen LogP contribution >= 0.6 is 12.4 Å². The summed E-state index contributed by atoms with van der Waals surface area (Å²) in [5.74, 6) is -2.28. The van der Waals surface area contributed by atoms with Crippen molar-refractivity contribution in [1.29, 1.82) is 0 Å². The Bertz CT molecular complexity index is 691. The van der Waals surface area contributed by atoms with Crippen LogP contribution in [0.4, 0.5) is 13.6 Å². The maximum absolute atomic E-state index is 13.6. The van der Waals surface area contributed by atoms with Gasteiger partial charge in [-0.25, -0.2) is 13.6 Å². The van der Waals surface area contributed by atoms with Gasteiger partial charge in [0.15, 0.2) is 11.6 Å². The van der Waals surface area contributed by atoms with Gasteiger partial charge in [0.2, 0.25) is 5.91 Å². The first-order valence-electron chi connectivity index (χ1n) is 8.96. The second kappa shape index (κ2) is 9.32. The number of halogens is 3. The molecule has 27 heavy (non-hydrogen) atoms. The predicted molar refractivity (Wildman–Crippen MR) is 99.6 cm³/mol. The van der Waals surface area contributed by atoms with Crippen molar-refractivity contribution in [2.45, 2.75) is 31.2 Å². The number of nitrogens with two attached hydrogens (primary N) is 1. The number of primary amides is 1. The summed E-state index contributed by atoms with van der Waals surface area (Å²) in [5, 5.41) is 6.26. The summed E-state index contributed by atoms with van der Waals surface area (Å²) in [7, 11) is 0. The van der Waals surface area contributed by atoms with Crippen LogP contribution in [0, 0.1) is 17.6 Å². The van der Waals surface area contributed by atoms with Crippen molar-refractivity contribution in [1.82, 2.24) is 15.5 Å². The number of carbonyl (C=O) groups excluding carboxylic acids is 2. The smallest absolute Gasteiger partial charge is 0.314 e. The minimum Gasteiger partial charge on any atom is -0.351 e. The zero-order valence-electron chi connectivity index (χ0n) is 14.9. The van der Waals surface area contributed by atoms with Gasteiger partial charge in [0, 0.05) is 31.6 Å². The molecule has 0 aliphatic carbocycles. The molecule has 0 aromatic heterocycles. The molecule has 1 aromatic rings. The highest BCUT2D eigenvalue weighted by atomic mass is 35.5. The normalized spacial score (nSPS) is 25.4. The number of rotatable bonds is 3. The van der Waals surface area contributed by atoms with Crippen LogP contribution in [-0.4, -0.2) is 49.1 Å². The minimum atomic E-state index is -0.879. The molecule has 2 fully saturated rings. The van der Waals surface area contributed by atoms with E-state index in [4.69, 9.17) is 5.73 Å². The Morgan fingerprint density at radius 1 is 1.22 bits per heavy atom. The van der Waals surface area contributed by atoms with Crippen LogP contribution < -0.4 is 16.4 Å². The lowest BCUT2D eigenvalue weighted by Gasteiger charge is -2.36. The monoisotopic (exact) mass is 402 g/mol. The van der Waals surface area contributed by atoms with E-state index in [0.717, 1.165) is 19.0 Å². The first-order valence-corrected chi connectivity index (χ1v) is 8.96. The van der Waals surface area contributed by atoms with Gasteiger partial charge in [-0.15, -0.1) is 12.4 Å². The molecular formula is C18H25ClF2N4O2. The number of likely N-dealkylation sites (tertiary alicyclic amines) is 1. The van der Waals surface area contributed by atoms with Gasteiger partial charge in [-0.2, -0.15) is 0 Å². The van der Waals surface area contributed by atoms with E-state index in [9.17, 15) is 18.4 Å². The van der Waals surface area contributed by atoms with Crippen molar-refractivity contribution in [3.8, 4) is 0 Å². The molecule has 4 N–H and O–H groups in total. The number of piperidine rings is 2. The maximum Gasteiger partial charge on any atom is 0.314 e. The summed E-state index contributed by atoms with van der Waals surface area (Å²) in [6.07, 6.45) is 2.15. The fourth-order valence-corrected chi connectivity index (χ4v) is 3.84. The van der Waals surface area contributed by atoms with Gasteiger partial charge in [0.05, 0.1) is 5.92 Å². The Kier molecular flexibility index (Phi) is 7.38. The third-order valence-corrected chi connectivity index (χ3v) is 5.29. The Morgan fingerprint density at radius 3 is 2.70 bits per heavy atom. The number of benzene rings is 1. The van der Waals surface area contributed by atoms with Crippen LogP contribution in [0.15, 0.2) is 18.2 Å². The van der Waals surface area contributed by atoms with Gasteiger partial charge in [0.1, 0.15) is 0 Å². The largest absolute Gasteiger partial charge is 0.351 e. The third kappa shape index (κ3) is 5.07. The second-order valence-corrected chi connectivity index (χ2v) is 7.01. The van der Waals surface area contributed by atoms with Gasteiger partial charge in [-0.05, 0) is 43.5 Å². The van der Waals surface area contributed by atoms with Crippen LogP contribution in [0.3, 0.4) is 0 Å². The summed E-state index contributed by atoms with van der Waals surface area (Å²) in [6, 6.07) is 3.17. The number of carbonyl (C=O) groups is 2. The Balaban J connectivity index is 0.00000261. The van der Waals surface area contributed by atoms with Gasteiger partial charge in [0.25, 0.3) is 0 Å². The third-order valence-electron chi connectivity index (χ3n) is 5.29. The average Bonchev–Trinajstić information content (AvgIpc) is 2.64. The molecule has 2 aliphatic heterocycles. The lowest BCUT2D eigenvalue weighted by Crippen LogP contribution is -2.54. The van der Waals surface area contributed by atoms with E-state index in [1.165, 1.54) is 11.0 Å². The van der Waals surface area contributed by atoms with Crippen molar-refractivity contribution >= 4 is 24.3 Å². The highest BCUT2D eigenvalue weighted by Gasteiger charge is 2.32. The highest BCUT2D eigenvalue weighted by Crippen LogP contribution is 2.27. The summed E-state index contributed by atoms with van der Waals surface area (Å²) in [5.41, 5.74) is 6.00. The number of urea groups is 1. The second-order valence-electron chi connectivity index (χ2n) is 7.01. The molecule has 3 unspecified atom stereocenters. The molecule has 3 rings (SSSR count). The summed E-state index contributed by atoms with van der Waals surface area (Å²) < 4.78 is 26.8. The quantitative estimate of drug-likeness (QED) is 0.719. The summed E-state index contributed by atoms with van der Waals surface area (Å²) in [4.78, 5) is 25.5. The minimum absolute atomic E-state index is 0. The fourth-order valence-electron chi connectivity index (χ4n) is 3.84. The van der Waals surface area contributed by atoms with Crippen LogP contribution in [0.2, 0.25) is 0 Å². The first kappa shape index (κ1) is 21.4. The van der Waals surface area contributed by atoms with E-state index < -0.39 is 17.7 Å². The van der Waals surface area contributed by atoms with Crippen LogP contribution in [-0.2, 0) is 4.79 Å². The van der Waals surface area contributed by atoms with Crippen LogP contribution in [0.25, 0.3) is 0 Å². The summed E-state index contributed by atoms with van der Waals surface area (Å²) >= 11 is 0. The molecule has 3 atom stereocenters. The van der Waals surface area contributed by atoms with Crippen molar-refractivity contribution in [2.75, 3.05) is 26.2 Å². The Morgan fingerprint density at radius 2 is 2.00 bits per heavy atom. The number of nitrogens with one attached hydrogen (secondary N) is 2. The molecular weight excluding hydrogens is 378 g/mol. The fraction of sp³-hybridized carbons (Fsp3) is 0.556. The molecule has 0 radical (unpaired) electrons. The molecule has 150 valence electrons. The molecule has 2 aliphatic rings. The average molecular weight is 403 g/mol. The molecule has 0 spiro atoms. The highest BCUT2D eigenvalue weighted by molar-refractivity contribution is 5.85. The number of nitrogens with zero attached hydrogens (tertiary/aromatic N) is 1. The Hall–Kier alpha value is -1.93. The molecule has 2 heterocycles. The van der Waals surface area contributed by atoms with E-state index in [0.29, 0.717) is 38.0 Å². The standard InChI is InChI=1S/C18H24F2N4O2.ClH/c19-14-4-3-11(8-15(14)20)13-5-6-22-9-16(13)23-17(25)12-2-1-7-24(10-12)18(21)26;/h3-4,8,12-13,16,22H,1-2,5-7,9-10H2,(H2,21,26)(H,23,25);1H. The van der Waals surface area contributed by atoms with Crippen LogP contribution in [0.1, 0.15) is 30.7 Å². The molecule has 0 saturated carbocycles. The summed E-state index contributed by atoms with van der Waals surface area (Å²) in [6.45, 7) is 2.19. The van der Waals surface area contributed by atoms with Gasteiger partial charge >= 0.3 is 6.03 Å². The number of hydrogen-bond acceptors (Lipinski definition) is 3. The Labute approximate surface area is 163 Å². The number of hydrogen-bond donors (Lipinski definition) is 3. The van der Waals surface area contributed by atoms with Crippen molar-refractivity contribution < 1.29 is 18.4 Å². The predicted octanol–water partition coefficient (Wildman–Crippen LogP) is 1.74. The maximum atomic E-state index is 13.6. The van der Waals surface area contributed by atoms with Gasteiger partial charge in [-0.1, -0.05) is 6.07 Å². The first-order chi connectivity index (χ1) is 12.5. The van der Waals surface area contributed by atoms with E-state index in [2.05, 4.69) is 10.6 Å². The van der Waals surface area contributed by atoms with Gasteiger partial charge in [-0.3, -0.25) is 4.79 Å². The van der Waals surface area contributed by atoms with E-state index >= 15 is 0 Å². The SMILES string of the molecule is Cl.NC(=O)N1CCCC(C(=O)NC2CNCCC2c2ccc(F)c(F)c2)C1. The molecule has 9 heteroatoms. The van der Waals surface area contributed by atoms with E-state index in [1.54, 1.807) is 6.07 Å². The van der Waals surface area contributed by atoms with Crippen LogP contribution in [0.5, 0.6) is 0 Å². The lowest BCUT2D eigenvalue weighted by atomic mass is 9.85. The van der Waals surface area contributed by atoms with Crippen molar-refractivity contribution in [2.24, 2.45) is 11.7 Å². The van der Waals surface area contributed by atoms with E-state index in [1.807, 2.05) is 0 Å². The topological polar surface area (TPSA) is 87.5 Å². The van der Waals surface area contributed by atoms with Crippen molar-refractivity contribution in [3.63, 3.8) is 0 Å². The molecule has 6 nitrogen and oxygen atoms in total. The van der Waals surface area contributed by atoms with E-state index in [-0.39, 0.29) is 36.2 Å². The molecule has 2 saturated heterocycles. The number of amides is 3.